The monoisotopic (exact) mass is 1120 g/mol. The Morgan fingerprint density at radius 3 is 2.23 bits per heavy atom. The summed E-state index contributed by atoms with van der Waals surface area (Å²) in [5.74, 6) is -8.93. The van der Waals surface area contributed by atoms with Crippen LogP contribution in [0.5, 0.6) is 0 Å². The Kier molecular flexibility index (Phi) is 16.5. The van der Waals surface area contributed by atoms with Crippen molar-refractivity contribution in [1.82, 2.24) is 51.3 Å². The Balaban J connectivity index is 0.816. The lowest BCUT2D eigenvalue weighted by molar-refractivity contribution is -0.172. The lowest BCUT2D eigenvalue weighted by atomic mass is 9.81. The summed E-state index contributed by atoms with van der Waals surface area (Å²) in [6.07, 6.45) is 2.89. The van der Waals surface area contributed by atoms with Crippen molar-refractivity contribution in [2.75, 3.05) is 46.5 Å². The summed E-state index contributed by atoms with van der Waals surface area (Å²) in [6, 6.07) is 8.14. The molecule has 8 N–H and O–H groups in total. The van der Waals surface area contributed by atoms with E-state index in [9.17, 15) is 57.8 Å². The third-order valence-electron chi connectivity index (χ3n) is 15.3. The number of carbonyl (C=O) groups is 10. The first-order valence-corrected chi connectivity index (χ1v) is 26.3. The van der Waals surface area contributed by atoms with Crippen molar-refractivity contribution in [3.63, 3.8) is 0 Å². The smallest absolute Gasteiger partial charge is 0.343 e. The van der Waals surface area contributed by atoms with E-state index in [1.54, 1.807) is 62.2 Å². The fourth-order valence-electron chi connectivity index (χ4n) is 10.8. The number of amides is 8. The first kappa shape index (κ1) is 57.0. The Bertz CT molecular complexity index is 3380. The van der Waals surface area contributed by atoms with Crippen LogP contribution in [0.2, 0.25) is 0 Å². The van der Waals surface area contributed by atoms with E-state index in [0.717, 1.165) is 17.7 Å². The van der Waals surface area contributed by atoms with Gasteiger partial charge in [0.2, 0.25) is 29.5 Å². The van der Waals surface area contributed by atoms with Gasteiger partial charge in [-0.05, 0) is 73.3 Å². The molecule has 1 fully saturated rings. The van der Waals surface area contributed by atoms with Crippen LogP contribution in [-0.2, 0) is 89.0 Å². The third-order valence-corrected chi connectivity index (χ3v) is 15.3. The van der Waals surface area contributed by atoms with Gasteiger partial charge in [0.05, 0.1) is 61.2 Å². The van der Waals surface area contributed by atoms with Gasteiger partial charge in [0.1, 0.15) is 37.3 Å². The molecule has 0 radical (unpaired) electrons. The quantitative estimate of drug-likeness (QED) is 0.0218. The first-order chi connectivity index (χ1) is 38.7. The molecule has 5 heterocycles. The highest BCUT2D eigenvalue weighted by Crippen LogP contribution is 2.48. The summed E-state index contributed by atoms with van der Waals surface area (Å²) in [7, 11) is 1.64. The molecule has 1 saturated carbocycles. The molecule has 2 aromatic heterocycles. The van der Waals surface area contributed by atoms with E-state index in [2.05, 4.69) is 31.9 Å². The summed E-state index contributed by atoms with van der Waals surface area (Å²) in [6.45, 7) is -0.394. The molecule has 5 aliphatic rings. The highest BCUT2D eigenvalue weighted by molar-refractivity contribution is 6.15. The van der Waals surface area contributed by atoms with Crippen LogP contribution in [0.3, 0.4) is 0 Å². The number of carboxylic acid groups (broad SMARTS) is 1. The van der Waals surface area contributed by atoms with Crippen LogP contribution >= 0.6 is 0 Å². The number of rotatable bonds is 23. The molecule has 8 amide bonds. The number of benzene rings is 2. The number of esters is 1. The number of fused-ring (bicyclic) bond motifs is 5. The number of carboxylic acids is 1. The first-order valence-electron chi connectivity index (χ1n) is 26.3. The maximum Gasteiger partial charge on any atom is 0.343 e. The number of aromatic nitrogens is 2. The zero-order chi connectivity index (χ0) is 58.0. The highest BCUT2D eigenvalue weighted by Gasteiger charge is 2.47. The molecular weight excluding hydrogens is 1060 g/mol. The number of hydrogen-bond acceptors (Lipinski definition) is 16. The summed E-state index contributed by atoms with van der Waals surface area (Å²) in [4.78, 5) is 150. The molecule has 25 nitrogen and oxygen atoms in total. The number of nitrogens with one attached hydrogen (secondary N) is 6. The molecule has 2 aromatic carbocycles. The zero-order valence-corrected chi connectivity index (χ0v) is 44.4. The van der Waals surface area contributed by atoms with Crippen LogP contribution in [0.4, 0.5) is 4.39 Å². The second kappa shape index (κ2) is 23.5. The van der Waals surface area contributed by atoms with Crippen molar-refractivity contribution in [2.24, 2.45) is 5.92 Å². The van der Waals surface area contributed by atoms with Gasteiger partial charge in [-0.15, -0.1) is 0 Å². The number of likely N-dealkylation sites (N-methyl/N-ethyl adjacent to an activating group) is 1. The lowest BCUT2D eigenvalue weighted by Crippen LogP contribution is -2.56. The van der Waals surface area contributed by atoms with Gasteiger partial charge in [-0.25, -0.2) is 14.2 Å². The second-order valence-corrected chi connectivity index (χ2v) is 20.4. The summed E-state index contributed by atoms with van der Waals surface area (Å²) in [5, 5.41) is 35.7. The van der Waals surface area contributed by atoms with Crippen LogP contribution in [0, 0.1) is 18.7 Å². The second-order valence-electron chi connectivity index (χ2n) is 20.4. The molecule has 9 rings (SSSR count). The number of imide groups is 1. The van der Waals surface area contributed by atoms with Gasteiger partial charge >= 0.3 is 11.9 Å². The van der Waals surface area contributed by atoms with Crippen LogP contribution in [0.15, 0.2) is 59.4 Å². The van der Waals surface area contributed by atoms with Crippen LogP contribution < -0.4 is 37.5 Å². The van der Waals surface area contributed by atoms with Crippen LogP contribution in [-0.4, -0.2) is 153 Å². The van der Waals surface area contributed by atoms with E-state index in [1.165, 1.54) is 10.6 Å². The highest BCUT2D eigenvalue weighted by atomic mass is 19.1. The zero-order valence-electron chi connectivity index (χ0n) is 44.4. The van der Waals surface area contributed by atoms with E-state index in [0.29, 0.717) is 75.1 Å². The van der Waals surface area contributed by atoms with Crippen LogP contribution in [0.1, 0.15) is 77.6 Å². The Morgan fingerprint density at radius 2 is 1.56 bits per heavy atom. The average Bonchev–Trinajstić information content (AvgIpc) is 4.03. The minimum atomic E-state index is -2.07. The molecule has 0 bridgehead atoms. The predicted octanol–water partition coefficient (Wildman–Crippen LogP) is -1.11. The number of aryl methyl sites for hydroxylation is 1. The number of pyridine rings is 2. The maximum absolute atomic E-state index is 15.6. The summed E-state index contributed by atoms with van der Waals surface area (Å²) < 4.78 is 28.4. The van der Waals surface area contributed by atoms with Gasteiger partial charge in [-0.2, -0.15) is 0 Å². The summed E-state index contributed by atoms with van der Waals surface area (Å²) >= 11 is 0. The van der Waals surface area contributed by atoms with Gasteiger partial charge in [0.15, 0.2) is 5.60 Å². The lowest BCUT2D eigenvalue weighted by Gasteiger charge is -2.36. The van der Waals surface area contributed by atoms with Gasteiger partial charge in [0.25, 0.3) is 23.3 Å². The number of hydrogen-bond donors (Lipinski definition) is 8. The number of aliphatic hydroxyl groups is 1. The van der Waals surface area contributed by atoms with Crippen molar-refractivity contribution in [3.8, 4) is 11.4 Å². The summed E-state index contributed by atoms with van der Waals surface area (Å²) in [5.41, 5.74) is 1.84. The van der Waals surface area contributed by atoms with Gasteiger partial charge < -0.3 is 61.1 Å². The molecular formula is C55H59FN10O15. The topological polar surface area (TPSA) is 343 Å². The molecule has 81 heavy (non-hydrogen) atoms. The normalized spacial score (nSPS) is 18.7. The molecule has 2 aliphatic carbocycles. The number of nitrogens with zero attached hydrogens (tertiary/aromatic N) is 4. The Morgan fingerprint density at radius 1 is 0.877 bits per heavy atom. The molecule has 3 aliphatic heterocycles. The minimum Gasteiger partial charge on any atom is -0.480 e. The van der Waals surface area contributed by atoms with Crippen molar-refractivity contribution in [3.05, 3.63) is 110 Å². The van der Waals surface area contributed by atoms with Crippen LogP contribution in [0.25, 0.3) is 22.3 Å². The number of cyclic esters (lactones) is 1. The van der Waals surface area contributed by atoms with Gasteiger partial charge in [0, 0.05) is 54.7 Å². The fraction of sp³-hybridized carbons (Fsp3) is 0.418. The van der Waals surface area contributed by atoms with Crippen molar-refractivity contribution < 1.29 is 72.0 Å². The van der Waals surface area contributed by atoms with Gasteiger partial charge in [-0.1, -0.05) is 37.3 Å². The molecule has 26 heteroatoms. The fourth-order valence-corrected chi connectivity index (χ4v) is 10.8. The van der Waals surface area contributed by atoms with E-state index in [1.807, 2.05) is 0 Å². The van der Waals surface area contributed by atoms with E-state index in [-0.39, 0.29) is 48.9 Å². The average molecular weight is 1120 g/mol. The molecule has 0 saturated heterocycles. The third kappa shape index (κ3) is 11.7. The SMILES string of the molecule is CC[C@@]1(O)C(=O)OCc2c1cc1n(c2=O)Cc2c-1nc1cc(F)c(C)c3c1c2[C@@H](N(C)C(=O)[C@H](OCNC(=O)CNC(=O)[C@H](Cc1ccccc1)NC(=O)CNC(=O)CNC(=O)[C@H](CNCC(=O)O)N1C(=O)C=CC1=O)C1CC1)CC3. The Hall–Kier alpha value is -8.75. The van der Waals surface area contributed by atoms with Crippen molar-refractivity contribution in [2.45, 2.75) is 95.4 Å². The minimum absolute atomic E-state index is 0.0307. The molecule has 426 valence electrons. The number of aliphatic carboxylic acids is 1. The molecule has 0 spiro atoms. The predicted molar refractivity (Wildman–Crippen MR) is 280 cm³/mol. The van der Waals surface area contributed by atoms with E-state index < -0.39 is 134 Å². The number of carbonyl (C=O) groups excluding carboxylic acids is 9. The maximum atomic E-state index is 15.6. The van der Waals surface area contributed by atoms with Gasteiger partial charge in [-0.3, -0.25) is 52.8 Å². The Labute approximate surface area is 461 Å². The molecule has 4 aromatic rings. The standard InChI is InChI=1S/C55H59FN10O15/c1-4-55(79)33-17-38-48-31(24-65(38)52(76)32(33)25-80-54(55)78)47-37(13-12-30-27(2)34(56)18-35(63-48)46(30)47)64(3)53(77)49(29-10-11-29)81-26-61-41(68)21-59-50(74)36(16-28-8-6-5-7-9-28)62-42(69)22-58-40(67)20-60-51(75)39(19-57-23-45(72)73)66-43(70)14-15-44(66)71/h5-9,14-15,17-18,29,36-37,39,49,57,79H,4,10-13,16,19-26H2,1-3H3,(H,58,67)(H,59,74)(H,60,75)(H,61,68)(H,62,69)(H,72,73)/t36-,37-,39-,49+,55-/m0/s1. The van der Waals surface area contributed by atoms with E-state index >= 15 is 4.39 Å². The largest absolute Gasteiger partial charge is 0.480 e. The van der Waals surface area contributed by atoms with Crippen molar-refractivity contribution >= 4 is 70.1 Å². The van der Waals surface area contributed by atoms with E-state index in [4.69, 9.17) is 19.6 Å². The van der Waals surface area contributed by atoms with Crippen molar-refractivity contribution in [1.29, 1.82) is 0 Å². The molecule has 5 atom stereocenters. The molecule has 0 unspecified atom stereocenters. The number of halogens is 1. The number of ether oxygens (including phenoxy) is 2.